The first-order valence-electron chi connectivity index (χ1n) is 4.77. The van der Waals surface area contributed by atoms with E-state index in [1.54, 1.807) is 0 Å². The summed E-state index contributed by atoms with van der Waals surface area (Å²) >= 11 is 5.58. The Balaban J connectivity index is 2.59. The topological polar surface area (TPSA) is 17.1 Å². The molecule has 0 bridgehead atoms. The SMILES string of the molecule is O=C(CCC(F)(F)C(F)F)c1ccc(Cl)cc1. The van der Waals surface area contributed by atoms with Crippen LogP contribution in [-0.4, -0.2) is 18.1 Å². The van der Waals surface area contributed by atoms with Crippen LogP contribution in [0.25, 0.3) is 0 Å². The van der Waals surface area contributed by atoms with Gasteiger partial charge in [0.1, 0.15) is 0 Å². The number of ketones is 1. The van der Waals surface area contributed by atoms with Gasteiger partial charge in [0.05, 0.1) is 0 Å². The highest BCUT2D eigenvalue weighted by Crippen LogP contribution is 2.28. The van der Waals surface area contributed by atoms with Gasteiger partial charge >= 0.3 is 12.3 Å². The first-order chi connectivity index (χ1) is 7.83. The number of hydrogen-bond acceptors (Lipinski definition) is 1. The van der Waals surface area contributed by atoms with Crippen LogP contribution >= 0.6 is 11.6 Å². The average molecular weight is 269 g/mol. The molecule has 0 radical (unpaired) electrons. The van der Waals surface area contributed by atoms with Gasteiger partial charge in [-0.25, -0.2) is 17.6 Å². The molecule has 0 fully saturated rings. The lowest BCUT2D eigenvalue weighted by atomic mass is 10.0. The van der Waals surface area contributed by atoms with Gasteiger partial charge in [0.25, 0.3) is 0 Å². The van der Waals surface area contributed by atoms with E-state index in [0.717, 1.165) is 0 Å². The first kappa shape index (κ1) is 14.0. The fourth-order valence-electron chi connectivity index (χ4n) is 1.17. The zero-order valence-electron chi connectivity index (χ0n) is 8.60. The van der Waals surface area contributed by atoms with Crippen molar-refractivity contribution < 1.29 is 22.4 Å². The van der Waals surface area contributed by atoms with Gasteiger partial charge in [0.2, 0.25) is 0 Å². The summed E-state index contributed by atoms with van der Waals surface area (Å²) in [6, 6.07) is 5.59. The minimum atomic E-state index is -4.12. The quantitative estimate of drug-likeness (QED) is 0.578. The summed E-state index contributed by atoms with van der Waals surface area (Å²) in [5.74, 6) is -4.73. The van der Waals surface area contributed by atoms with Gasteiger partial charge in [0, 0.05) is 23.4 Å². The molecular weight excluding hydrogens is 260 g/mol. The molecule has 0 aromatic heterocycles. The summed E-state index contributed by atoms with van der Waals surface area (Å²) in [5.41, 5.74) is 0.180. The van der Waals surface area contributed by atoms with Gasteiger partial charge in [-0.15, -0.1) is 0 Å². The monoisotopic (exact) mass is 268 g/mol. The van der Waals surface area contributed by atoms with E-state index in [2.05, 4.69) is 0 Å². The van der Waals surface area contributed by atoms with Gasteiger partial charge < -0.3 is 0 Å². The number of Topliss-reactive ketones (excluding diaryl/α,β-unsaturated/α-hetero) is 1. The second-order valence-electron chi connectivity index (χ2n) is 3.49. The van der Waals surface area contributed by atoms with Crippen molar-refractivity contribution in [2.45, 2.75) is 25.2 Å². The Morgan fingerprint density at radius 2 is 1.76 bits per heavy atom. The van der Waals surface area contributed by atoms with Crippen molar-refractivity contribution >= 4 is 17.4 Å². The Morgan fingerprint density at radius 1 is 1.24 bits per heavy atom. The molecule has 0 aliphatic rings. The molecule has 1 nitrogen and oxygen atoms in total. The zero-order chi connectivity index (χ0) is 13.1. The second kappa shape index (κ2) is 5.49. The number of benzene rings is 1. The van der Waals surface area contributed by atoms with Gasteiger partial charge in [-0.05, 0) is 24.3 Å². The summed E-state index contributed by atoms with van der Waals surface area (Å²) in [5, 5.41) is 0.402. The van der Waals surface area contributed by atoms with Gasteiger partial charge in [0.15, 0.2) is 5.78 Å². The van der Waals surface area contributed by atoms with E-state index in [1.165, 1.54) is 24.3 Å². The zero-order valence-corrected chi connectivity index (χ0v) is 9.35. The molecule has 0 saturated heterocycles. The lowest BCUT2D eigenvalue weighted by Crippen LogP contribution is -2.27. The molecule has 1 aromatic rings. The molecule has 0 unspecified atom stereocenters. The first-order valence-corrected chi connectivity index (χ1v) is 5.15. The Morgan fingerprint density at radius 3 is 2.24 bits per heavy atom. The van der Waals surface area contributed by atoms with E-state index in [-0.39, 0.29) is 5.56 Å². The molecule has 17 heavy (non-hydrogen) atoms. The van der Waals surface area contributed by atoms with Crippen LogP contribution in [-0.2, 0) is 0 Å². The summed E-state index contributed by atoms with van der Waals surface area (Å²) in [6.07, 6.45) is -5.54. The Labute approximate surface area is 100 Å². The van der Waals surface area contributed by atoms with E-state index in [1.807, 2.05) is 0 Å². The molecule has 94 valence electrons. The van der Waals surface area contributed by atoms with E-state index >= 15 is 0 Å². The molecule has 0 aliphatic carbocycles. The number of rotatable bonds is 5. The van der Waals surface area contributed by atoms with E-state index in [9.17, 15) is 22.4 Å². The van der Waals surface area contributed by atoms with Crippen LogP contribution in [0.4, 0.5) is 17.6 Å². The molecule has 1 aromatic carbocycles. The molecule has 0 atom stereocenters. The highest BCUT2D eigenvalue weighted by molar-refractivity contribution is 6.30. The number of hydrogen-bond donors (Lipinski definition) is 0. The number of carbonyl (C=O) groups is 1. The third-order valence-electron chi connectivity index (χ3n) is 2.17. The molecular formula is C11H9ClF4O. The number of carbonyl (C=O) groups excluding carboxylic acids is 1. The van der Waals surface area contributed by atoms with Crippen LogP contribution < -0.4 is 0 Å². The molecule has 0 amide bonds. The van der Waals surface area contributed by atoms with Crippen molar-refractivity contribution in [1.29, 1.82) is 0 Å². The maximum absolute atomic E-state index is 12.6. The highest BCUT2D eigenvalue weighted by Gasteiger charge is 2.40. The van der Waals surface area contributed by atoms with Crippen molar-refractivity contribution in [3.05, 3.63) is 34.9 Å². The average Bonchev–Trinajstić information content (AvgIpc) is 2.27. The molecule has 0 aliphatic heterocycles. The van der Waals surface area contributed by atoms with Crippen molar-refractivity contribution in [2.24, 2.45) is 0 Å². The van der Waals surface area contributed by atoms with Crippen molar-refractivity contribution in [3.8, 4) is 0 Å². The highest BCUT2D eigenvalue weighted by atomic mass is 35.5. The van der Waals surface area contributed by atoms with Crippen molar-refractivity contribution in [2.75, 3.05) is 0 Å². The van der Waals surface area contributed by atoms with Crippen molar-refractivity contribution in [3.63, 3.8) is 0 Å². The third kappa shape index (κ3) is 4.00. The predicted octanol–water partition coefficient (Wildman–Crippen LogP) is 4.20. The van der Waals surface area contributed by atoms with E-state index in [0.29, 0.717) is 5.02 Å². The molecule has 0 heterocycles. The summed E-state index contributed by atoms with van der Waals surface area (Å²) in [6.45, 7) is 0. The Bertz CT molecular complexity index is 389. The van der Waals surface area contributed by atoms with Crippen LogP contribution in [0, 0.1) is 0 Å². The summed E-state index contributed by atoms with van der Waals surface area (Å²) in [7, 11) is 0. The van der Waals surface area contributed by atoms with Crippen molar-refractivity contribution in [1.82, 2.24) is 0 Å². The maximum atomic E-state index is 12.6. The third-order valence-corrected chi connectivity index (χ3v) is 2.42. The lowest BCUT2D eigenvalue weighted by Gasteiger charge is -2.14. The summed E-state index contributed by atoms with van der Waals surface area (Å²) < 4.78 is 48.8. The predicted molar refractivity (Wildman–Crippen MR) is 56.0 cm³/mol. The summed E-state index contributed by atoms with van der Waals surface area (Å²) in [4.78, 5) is 11.4. The maximum Gasteiger partial charge on any atom is 0.307 e. The van der Waals surface area contributed by atoms with Crippen LogP contribution in [0.2, 0.25) is 5.02 Å². The molecule has 0 saturated carbocycles. The van der Waals surface area contributed by atoms with Crippen LogP contribution in [0.15, 0.2) is 24.3 Å². The number of alkyl halides is 4. The molecule has 0 N–H and O–H groups in total. The standard InChI is InChI=1S/C11H9ClF4O/c12-8-3-1-7(2-4-8)9(17)5-6-11(15,16)10(13)14/h1-4,10H,5-6H2. The van der Waals surface area contributed by atoms with Crippen LogP contribution in [0.5, 0.6) is 0 Å². The Kier molecular flexibility index (Phi) is 4.51. The largest absolute Gasteiger partial charge is 0.307 e. The Hall–Kier alpha value is -1.10. The fraction of sp³-hybridized carbons (Fsp3) is 0.364. The smallest absolute Gasteiger partial charge is 0.294 e. The van der Waals surface area contributed by atoms with E-state index < -0.39 is 31.0 Å². The molecule has 1 rings (SSSR count). The van der Waals surface area contributed by atoms with Crippen LogP contribution in [0.3, 0.4) is 0 Å². The van der Waals surface area contributed by atoms with Gasteiger partial charge in [-0.2, -0.15) is 0 Å². The second-order valence-corrected chi connectivity index (χ2v) is 3.93. The normalized spacial score (nSPS) is 11.9. The molecule has 6 heteroatoms. The van der Waals surface area contributed by atoms with Crippen LogP contribution in [0.1, 0.15) is 23.2 Å². The molecule has 0 spiro atoms. The lowest BCUT2D eigenvalue weighted by molar-refractivity contribution is -0.132. The minimum absolute atomic E-state index is 0.180. The minimum Gasteiger partial charge on any atom is -0.294 e. The van der Waals surface area contributed by atoms with Gasteiger partial charge in [-0.1, -0.05) is 11.6 Å². The number of halogens is 5. The van der Waals surface area contributed by atoms with E-state index in [4.69, 9.17) is 11.6 Å². The van der Waals surface area contributed by atoms with Gasteiger partial charge in [-0.3, -0.25) is 4.79 Å². The fourth-order valence-corrected chi connectivity index (χ4v) is 1.30.